The van der Waals surface area contributed by atoms with Gasteiger partial charge in [0, 0.05) is 10.6 Å². The summed E-state index contributed by atoms with van der Waals surface area (Å²) < 4.78 is 10.9. The zero-order valence-electron chi connectivity index (χ0n) is 20.4. The highest BCUT2D eigenvalue weighted by Crippen LogP contribution is 2.41. The average Bonchev–Trinajstić information content (AvgIpc) is 3.47. The Hall–Kier alpha value is -3.89. The van der Waals surface area contributed by atoms with Crippen LogP contribution in [0.25, 0.3) is 0 Å². The molecule has 0 aliphatic carbocycles. The lowest BCUT2D eigenvalue weighted by atomic mass is 10.0. The molecular weight excluding hydrogens is 524 g/mol. The summed E-state index contributed by atoms with van der Waals surface area (Å²) in [5.41, 5.74) is 1.44. The number of thioether (sulfide) groups is 1. The highest BCUT2D eigenvalue weighted by molar-refractivity contribution is 8.00. The molecule has 0 saturated carbocycles. The Bertz CT molecular complexity index is 1340. The second kappa shape index (κ2) is 11.2. The van der Waals surface area contributed by atoms with Gasteiger partial charge in [-0.25, -0.2) is 9.59 Å². The number of rotatable bonds is 8. The summed E-state index contributed by atoms with van der Waals surface area (Å²) in [5, 5.41) is 4.12. The van der Waals surface area contributed by atoms with Crippen LogP contribution < -0.4 is 5.32 Å². The predicted molar refractivity (Wildman–Crippen MR) is 143 cm³/mol. The first kappa shape index (κ1) is 25.7. The first-order valence-electron chi connectivity index (χ1n) is 11.9. The monoisotopic (exact) mass is 548 g/mol. The molecule has 2 aliphatic heterocycles. The molecule has 2 amide bonds. The van der Waals surface area contributed by atoms with Crippen LogP contribution >= 0.6 is 23.1 Å². The molecule has 38 heavy (non-hydrogen) atoms. The number of carbonyl (C=O) groups excluding carboxylic acids is 4. The van der Waals surface area contributed by atoms with E-state index in [2.05, 4.69) is 5.32 Å². The van der Waals surface area contributed by atoms with E-state index in [1.807, 2.05) is 78.2 Å². The topological polar surface area (TPSA) is 102 Å². The van der Waals surface area contributed by atoms with Gasteiger partial charge in [-0.2, -0.15) is 0 Å². The summed E-state index contributed by atoms with van der Waals surface area (Å²) in [7, 11) is 1.19. The molecule has 2 aliphatic rings. The van der Waals surface area contributed by atoms with Crippen LogP contribution in [0, 0.1) is 0 Å². The lowest BCUT2D eigenvalue weighted by molar-refractivity contribution is -0.153. The molecular formula is C28H24N2O6S2. The zero-order valence-corrected chi connectivity index (χ0v) is 22.0. The molecule has 0 radical (unpaired) electrons. The van der Waals surface area contributed by atoms with Crippen LogP contribution in [-0.2, 0) is 35.1 Å². The highest BCUT2D eigenvalue weighted by Gasteiger charge is 2.55. The van der Waals surface area contributed by atoms with Gasteiger partial charge >= 0.3 is 11.9 Å². The van der Waals surface area contributed by atoms with Gasteiger partial charge in [0.2, 0.25) is 5.91 Å². The number of benzene rings is 2. The fourth-order valence-corrected chi connectivity index (χ4v) is 6.45. The Morgan fingerprint density at radius 2 is 1.63 bits per heavy atom. The second-order valence-electron chi connectivity index (χ2n) is 8.64. The summed E-state index contributed by atoms with van der Waals surface area (Å²) in [6, 6.07) is 21.5. The molecule has 0 spiro atoms. The number of ether oxygens (including phenoxy) is 2. The number of thiophene rings is 1. The van der Waals surface area contributed by atoms with Crippen LogP contribution in [0.5, 0.6) is 0 Å². The number of amides is 2. The molecule has 194 valence electrons. The number of hydrogen-bond donors (Lipinski definition) is 1. The van der Waals surface area contributed by atoms with E-state index in [1.54, 1.807) is 0 Å². The molecule has 3 aromatic rings. The molecule has 1 N–H and O–H groups in total. The van der Waals surface area contributed by atoms with E-state index < -0.39 is 35.4 Å². The van der Waals surface area contributed by atoms with E-state index in [9.17, 15) is 19.2 Å². The average molecular weight is 549 g/mol. The Morgan fingerprint density at radius 3 is 2.21 bits per heavy atom. The van der Waals surface area contributed by atoms with E-state index in [1.165, 1.54) is 35.1 Å². The van der Waals surface area contributed by atoms with Crippen LogP contribution in [-0.4, -0.2) is 52.9 Å². The Kier molecular flexibility index (Phi) is 7.62. The smallest absolute Gasteiger partial charge is 0.355 e. The minimum atomic E-state index is -0.810. The normalized spacial score (nSPS) is 18.5. The SMILES string of the molecule is COC(=O)C1=C(C(=O)OC(c2ccccc2)c2ccccc2)CS[C@@H]2C(NC(=O)Cc3cccs3)C(=O)N12. The fraction of sp³-hybridized carbons (Fsp3) is 0.214. The van der Waals surface area contributed by atoms with Gasteiger partial charge < -0.3 is 14.8 Å². The van der Waals surface area contributed by atoms with E-state index in [4.69, 9.17) is 9.47 Å². The number of carbonyl (C=O) groups is 4. The van der Waals surface area contributed by atoms with E-state index in [0.29, 0.717) is 0 Å². The molecule has 1 saturated heterocycles. The van der Waals surface area contributed by atoms with Gasteiger partial charge in [-0.15, -0.1) is 23.1 Å². The maximum atomic E-state index is 13.5. The summed E-state index contributed by atoms with van der Waals surface area (Å²) in [4.78, 5) is 54.0. The van der Waals surface area contributed by atoms with Crippen LogP contribution in [0.3, 0.4) is 0 Å². The van der Waals surface area contributed by atoms with Gasteiger partial charge in [0.25, 0.3) is 5.91 Å². The Balaban J connectivity index is 1.38. The first-order valence-corrected chi connectivity index (χ1v) is 13.8. The van der Waals surface area contributed by atoms with E-state index in [-0.39, 0.29) is 29.4 Å². The minimum Gasteiger partial charge on any atom is -0.464 e. The third-order valence-corrected chi connectivity index (χ3v) is 8.41. The Morgan fingerprint density at radius 1 is 0.974 bits per heavy atom. The van der Waals surface area contributed by atoms with Crippen LogP contribution in [0.2, 0.25) is 0 Å². The summed E-state index contributed by atoms with van der Waals surface area (Å²) >= 11 is 2.75. The largest absolute Gasteiger partial charge is 0.464 e. The van der Waals surface area contributed by atoms with Gasteiger partial charge in [0.05, 0.1) is 19.1 Å². The van der Waals surface area contributed by atoms with Gasteiger partial charge in [0.15, 0.2) is 6.10 Å². The molecule has 0 bridgehead atoms. The predicted octanol–water partition coefficient (Wildman–Crippen LogP) is 3.45. The third-order valence-electron chi connectivity index (χ3n) is 6.25. The van der Waals surface area contributed by atoms with Crippen LogP contribution in [0.1, 0.15) is 22.1 Å². The van der Waals surface area contributed by atoms with Gasteiger partial charge in [-0.3, -0.25) is 14.5 Å². The lowest BCUT2D eigenvalue weighted by Gasteiger charge is -2.49. The van der Waals surface area contributed by atoms with Gasteiger partial charge in [-0.05, 0) is 22.6 Å². The van der Waals surface area contributed by atoms with Gasteiger partial charge in [0.1, 0.15) is 17.1 Å². The number of nitrogens with one attached hydrogen (secondary N) is 1. The molecule has 1 unspecified atom stereocenters. The molecule has 8 nitrogen and oxygen atoms in total. The third kappa shape index (κ3) is 5.09. The molecule has 2 atom stereocenters. The fourth-order valence-electron chi connectivity index (χ4n) is 4.42. The number of fused-ring (bicyclic) bond motifs is 1. The van der Waals surface area contributed by atoms with Crippen molar-refractivity contribution < 1.29 is 28.7 Å². The quantitative estimate of drug-likeness (QED) is 0.340. The highest BCUT2D eigenvalue weighted by atomic mass is 32.2. The van der Waals surface area contributed by atoms with Gasteiger partial charge in [-0.1, -0.05) is 66.7 Å². The van der Waals surface area contributed by atoms with Crippen molar-refractivity contribution in [1.82, 2.24) is 10.2 Å². The number of nitrogens with zero attached hydrogens (tertiary/aromatic N) is 1. The first-order chi connectivity index (χ1) is 18.5. The number of methoxy groups -OCH3 is 1. The molecule has 3 heterocycles. The summed E-state index contributed by atoms with van der Waals surface area (Å²) in [6.07, 6.45) is -0.549. The maximum Gasteiger partial charge on any atom is 0.355 e. The summed E-state index contributed by atoms with van der Waals surface area (Å²) in [5.74, 6) is -2.17. The van der Waals surface area contributed by atoms with Crippen molar-refractivity contribution >= 4 is 46.9 Å². The van der Waals surface area contributed by atoms with Crippen molar-refractivity contribution in [2.75, 3.05) is 12.9 Å². The van der Waals surface area contributed by atoms with Crippen LogP contribution in [0.4, 0.5) is 0 Å². The van der Waals surface area contributed by atoms with Crippen molar-refractivity contribution in [3.8, 4) is 0 Å². The van der Waals surface area contributed by atoms with Crippen LogP contribution in [0.15, 0.2) is 89.4 Å². The Labute approximate surface area is 227 Å². The second-order valence-corrected chi connectivity index (χ2v) is 10.8. The molecule has 2 aromatic carbocycles. The number of hydrogen-bond acceptors (Lipinski definition) is 8. The maximum absolute atomic E-state index is 13.5. The van der Waals surface area contributed by atoms with Crippen molar-refractivity contribution in [3.63, 3.8) is 0 Å². The molecule has 10 heteroatoms. The summed E-state index contributed by atoms with van der Waals surface area (Å²) in [6.45, 7) is 0. The van der Waals surface area contributed by atoms with E-state index in [0.717, 1.165) is 16.0 Å². The van der Waals surface area contributed by atoms with Crippen molar-refractivity contribution in [1.29, 1.82) is 0 Å². The zero-order chi connectivity index (χ0) is 26.6. The molecule has 1 fully saturated rings. The van der Waals surface area contributed by atoms with Crippen molar-refractivity contribution in [2.45, 2.75) is 23.9 Å². The minimum absolute atomic E-state index is 0.0478. The number of β-lactam (4-membered cyclic amide) rings is 1. The standard InChI is InChI=1S/C28H24N2O6S2/c1-35-28(34)23-20(27(33)36-24(17-9-4-2-5-10-17)18-11-6-3-7-12-18)16-38-26-22(25(32)30(23)26)29-21(31)15-19-13-8-14-37-19/h2-14,22,24,26H,15-16H2,1H3,(H,29,31)/t22?,26-/m1/s1. The van der Waals surface area contributed by atoms with Crippen molar-refractivity contribution in [3.05, 3.63) is 105 Å². The lowest BCUT2D eigenvalue weighted by Crippen LogP contribution is -2.70. The molecule has 1 aromatic heterocycles. The van der Waals surface area contributed by atoms with E-state index >= 15 is 0 Å². The van der Waals surface area contributed by atoms with Crippen molar-refractivity contribution in [2.24, 2.45) is 0 Å². The molecule has 5 rings (SSSR count). The number of esters is 2.